The Morgan fingerprint density at radius 2 is 1.61 bits per heavy atom. The third-order valence-corrected chi connectivity index (χ3v) is 2.90. The molecule has 0 aromatic heterocycles. The van der Waals surface area contributed by atoms with Crippen LogP contribution in [0.3, 0.4) is 0 Å². The number of benzene rings is 2. The Bertz CT molecular complexity index is 515. The lowest BCUT2D eigenvalue weighted by molar-refractivity contribution is 0.259. The van der Waals surface area contributed by atoms with Gasteiger partial charge >= 0.3 is 0 Å². The number of hydrogen-bond acceptors (Lipinski definition) is 2. The van der Waals surface area contributed by atoms with E-state index < -0.39 is 0 Å². The summed E-state index contributed by atoms with van der Waals surface area (Å²) >= 11 is 0. The Morgan fingerprint density at radius 3 is 2.28 bits per heavy atom. The van der Waals surface area contributed by atoms with E-state index >= 15 is 0 Å². The van der Waals surface area contributed by atoms with Crippen LogP contribution in [0.15, 0.2) is 42.5 Å². The van der Waals surface area contributed by atoms with Crippen molar-refractivity contribution in [2.45, 2.75) is 27.1 Å². The fourth-order valence-corrected chi connectivity index (χ4v) is 1.82. The van der Waals surface area contributed by atoms with Crippen LogP contribution >= 0.6 is 0 Å². The van der Waals surface area contributed by atoms with Gasteiger partial charge in [0.2, 0.25) is 0 Å². The maximum Gasteiger partial charge on any atom is 0.125 e. The molecule has 2 aromatic carbocycles. The maximum atomic E-state index is 9.30. The largest absolute Gasteiger partial charge is 0.489 e. The summed E-state index contributed by atoms with van der Waals surface area (Å²) in [6, 6.07) is 14.1. The van der Waals surface area contributed by atoms with Crippen molar-refractivity contribution in [1.82, 2.24) is 0 Å². The number of aliphatic hydroxyl groups excluding tert-OH is 1. The second-order valence-corrected chi connectivity index (χ2v) is 4.54. The summed E-state index contributed by atoms with van der Waals surface area (Å²) in [5.41, 5.74) is 4.33. The van der Waals surface area contributed by atoms with Crippen LogP contribution in [-0.4, -0.2) is 5.11 Å². The molecule has 0 amide bonds. The first-order chi connectivity index (χ1) is 8.69. The average Bonchev–Trinajstić information content (AvgIpc) is 2.39. The second-order valence-electron chi connectivity index (χ2n) is 4.54. The lowest BCUT2D eigenvalue weighted by Gasteiger charge is -2.11. The molecule has 0 aliphatic carbocycles. The summed E-state index contributed by atoms with van der Waals surface area (Å²) in [6.45, 7) is 4.60. The molecule has 0 atom stereocenters. The van der Waals surface area contributed by atoms with Crippen molar-refractivity contribution in [3.8, 4) is 5.75 Å². The van der Waals surface area contributed by atoms with Gasteiger partial charge in [-0.15, -0.1) is 0 Å². The van der Waals surface area contributed by atoms with Gasteiger partial charge in [0, 0.05) is 5.56 Å². The zero-order chi connectivity index (χ0) is 13.0. The molecule has 0 spiro atoms. The highest BCUT2D eigenvalue weighted by Crippen LogP contribution is 2.21. The summed E-state index contributed by atoms with van der Waals surface area (Å²) in [5, 5.41) is 9.30. The van der Waals surface area contributed by atoms with Crippen LogP contribution in [-0.2, 0) is 13.2 Å². The van der Waals surface area contributed by atoms with Crippen LogP contribution < -0.4 is 4.74 Å². The van der Waals surface area contributed by atoms with E-state index in [9.17, 15) is 5.11 Å². The normalized spacial score (nSPS) is 10.4. The molecule has 2 nitrogen and oxygen atoms in total. The minimum absolute atomic E-state index is 0.00487. The van der Waals surface area contributed by atoms with Crippen LogP contribution in [0.2, 0.25) is 0 Å². The molecule has 18 heavy (non-hydrogen) atoms. The quantitative estimate of drug-likeness (QED) is 0.890. The van der Waals surface area contributed by atoms with Gasteiger partial charge < -0.3 is 9.84 Å². The molecule has 0 bridgehead atoms. The molecular weight excluding hydrogens is 224 g/mol. The summed E-state index contributed by atoms with van der Waals surface area (Å²) in [7, 11) is 0. The maximum absolute atomic E-state index is 9.30. The van der Waals surface area contributed by atoms with Crippen LogP contribution in [0.5, 0.6) is 5.75 Å². The first kappa shape index (κ1) is 12.7. The molecule has 0 aliphatic rings. The predicted molar refractivity (Wildman–Crippen MR) is 72.6 cm³/mol. The van der Waals surface area contributed by atoms with E-state index in [0.29, 0.717) is 6.61 Å². The number of ether oxygens (including phenoxy) is 1. The molecule has 94 valence electrons. The SMILES string of the molecule is Cc1ccc(COc2ccc(C)cc2CO)cc1. The number of aliphatic hydroxyl groups is 1. The highest BCUT2D eigenvalue weighted by molar-refractivity contribution is 5.36. The fraction of sp³-hybridized carbons (Fsp3) is 0.250. The average molecular weight is 242 g/mol. The summed E-state index contributed by atoms with van der Waals surface area (Å²) < 4.78 is 5.75. The van der Waals surface area contributed by atoms with Crippen molar-refractivity contribution >= 4 is 0 Å². The summed E-state index contributed by atoms with van der Waals surface area (Å²) in [6.07, 6.45) is 0. The smallest absolute Gasteiger partial charge is 0.125 e. The molecule has 2 aromatic rings. The van der Waals surface area contributed by atoms with Crippen molar-refractivity contribution in [3.05, 3.63) is 64.7 Å². The lowest BCUT2D eigenvalue weighted by Crippen LogP contribution is -1.99. The van der Waals surface area contributed by atoms with Crippen molar-refractivity contribution in [2.24, 2.45) is 0 Å². The first-order valence-electron chi connectivity index (χ1n) is 6.08. The van der Waals surface area contributed by atoms with Crippen LogP contribution in [0.4, 0.5) is 0 Å². The van der Waals surface area contributed by atoms with E-state index in [1.54, 1.807) is 0 Å². The van der Waals surface area contributed by atoms with Gasteiger partial charge in [0.25, 0.3) is 0 Å². The topological polar surface area (TPSA) is 29.5 Å². The third kappa shape index (κ3) is 3.11. The Kier molecular flexibility index (Phi) is 4.00. The highest BCUT2D eigenvalue weighted by Gasteiger charge is 2.03. The fourth-order valence-electron chi connectivity index (χ4n) is 1.82. The van der Waals surface area contributed by atoms with Gasteiger partial charge in [-0.3, -0.25) is 0 Å². The lowest BCUT2D eigenvalue weighted by atomic mass is 10.1. The summed E-state index contributed by atoms with van der Waals surface area (Å²) in [5.74, 6) is 0.753. The van der Waals surface area contributed by atoms with Crippen LogP contribution in [0, 0.1) is 13.8 Å². The molecule has 1 N–H and O–H groups in total. The van der Waals surface area contributed by atoms with Gasteiger partial charge in [-0.05, 0) is 25.5 Å². The van der Waals surface area contributed by atoms with E-state index in [-0.39, 0.29) is 6.61 Å². The molecule has 0 saturated heterocycles. The standard InChI is InChI=1S/C16H18O2/c1-12-3-6-14(7-4-12)11-18-16-8-5-13(2)9-15(16)10-17/h3-9,17H,10-11H2,1-2H3. The van der Waals surface area contributed by atoms with Gasteiger partial charge in [0.1, 0.15) is 12.4 Å². The Balaban J connectivity index is 2.08. The zero-order valence-electron chi connectivity index (χ0n) is 10.8. The third-order valence-electron chi connectivity index (χ3n) is 2.90. The van der Waals surface area contributed by atoms with E-state index in [2.05, 4.69) is 31.2 Å². The van der Waals surface area contributed by atoms with E-state index in [0.717, 1.165) is 22.4 Å². The van der Waals surface area contributed by atoms with Gasteiger partial charge in [-0.25, -0.2) is 0 Å². The monoisotopic (exact) mass is 242 g/mol. The second kappa shape index (κ2) is 5.69. The molecular formula is C16H18O2. The van der Waals surface area contributed by atoms with E-state index in [1.165, 1.54) is 5.56 Å². The number of aryl methyl sites for hydroxylation is 2. The van der Waals surface area contributed by atoms with E-state index in [4.69, 9.17) is 4.74 Å². The predicted octanol–water partition coefficient (Wildman–Crippen LogP) is 3.37. The van der Waals surface area contributed by atoms with Gasteiger partial charge in [-0.2, -0.15) is 0 Å². The Hall–Kier alpha value is -1.80. The molecule has 2 rings (SSSR count). The van der Waals surface area contributed by atoms with Gasteiger partial charge in [0.15, 0.2) is 0 Å². The molecule has 0 heterocycles. The summed E-state index contributed by atoms with van der Waals surface area (Å²) in [4.78, 5) is 0. The van der Waals surface area contributed by atoms with Crippen molar-refractivity contribution in [3.63, 3.8) is 0 Å². The molecule has 0 unspecified atom stereocenters. The van der Waals surface area contributed by atoms with Gasteiger partial charge in [-0.1, -0.05) is 47.5 Å². The van der Waals surface area contributed by atoms with E-state index in [1.807, 2.05) is 25.1 Å². The molecule has 2 heteroatoms. The van der Waals surface area contributed by atoms with Crippen LogP contribution in [0.25, 0.3) is 0 Å². The van der Waals surface area contributed by atoms with Crippen molar-refractivity contribution in [1.29, 1.82) is 0 Å². The van der Waals surface area contributed by atoms with Crippen molar-refractivity contribution in [2.75, 3.05) is 0 Å². The number of hydrogen-bond donors (Lipinski definition) is 1. The Labute approximate surface area is 108 Å². The molecule has 0 aliphatic heterocycles. The van der Waals surface area contributed by atoms with Crippen molar-refractivity contribution < 1.29 is 9.84 Å². The zero-order valence-corrected chi connectivity index (χ0v) is 10.8. The molecule has 0 fully saturated rings. The first-order valence-corrected chi connectivity index (χ1v) is 6.08. The minimum atomic E-state index is 0.00487. The number of rotatable bonds is 4. The highest BCUT2D eigenvalue weighted by atomic mass is 16.5. The Morgan fingerprint density at radius 1 is 0.944 bits per heavy atom. The molecule has 0 saturated carbocycles. The molecule has 0 radical (unpaired) electrons. The van der Waals surface area contributed by atoms with Gasteiger partial charge in [0.05, 0.1) is 6.61 Å². The minimum Gasteiger partial charge on any atom is -0.489 e. The van der Waals surface area contributed by atoms with Crippen LogP contribution in [0.1, 0.15) is 22.3 Å².